The van der Waals surface area contributed by atoms with Crippen molar-refractivity contribution in [1.82, 2.24) is 5.32 Å². The number of nitrogens with one attached hydrogen (secondary N) is 1. The molecule has 1 atom stereocenters. The Morgan fingerprint density at radius 1 is 1.43 bits per heavy atom. The van der Waals surface area contributed by atoms with E-state index in [-0.39, 0.29) is 12.5 Å². The third-order valence-corrected chi connectivity index (χ3v) is 3.40. The van der Waals surface area contributed by atoms with E-state index in [1.807, 2.05) is 6.92 Å². The summed E-state index contributed by atoms with van der Waals surface area (Å²) in [6.45, 7) is 7.40. The molecule has 2 N–H and O–H groups in total. The van der Waals surface area contributed by atoms with E-state index in [4.69, 9.17) is 5.11 Å². The highest BCUT2D eigenvalue weighted by Gasteiger charge is 2.44. The van der Waals surface area contributed by atoms with Crippen LogP contribution in [-0.4, -0.2) is 23.7 Å². The molecular weight excluding hydrogens is 178 g/mol. The molecule has 0 heterocycles. The molecule has 0 saturated heterocycles. The molecule has 0 aromatic carbocycles. The summed E-state index contributed by atoms with van der Waals surface area (Å²) in [5, 5.41) is 11.9. The van der Waals surface area contributed by atoms with Crippen LogP contribution in [0.5, 0.6) is 0 Å². The zero-order valence-corrected chi connectivity index (χ0v) is 9.34. The van der Waals surface area contributed by atoms with Crippen LogP contribution in [0.15, 0.2) is 0 Å². The molecule has 14 heavy (non-hydrogen) atoms. The van der Waals surface area contributed by atoms with Gasteiger partial charge in [0.25, 0.3) is 0 Å². The van der Waals surface area contributed by atoms with Gasteiger partial charge in [-0.1, -0.05) is 13.8 Å². The minimum Gasteiger partial charge on any atom is -0.481 e. The molecule has 1 saturated carbocycles. The molecule has 3 heteroatoms. The SMILES string of the molecule is CC(CC(=O)O)NCC1(C(C)C)CC1. The van der Waals surface area contributed by atoms with Crippen molar-refractivity contribution in [3.05, 3.63) is 0 Å². The summed E-state index contributed by atoms with van der Waals surface area (Å²) in [7, 11) is 0. The summed E-state index contributed by atoms with van der Waals surface area (Å²) < 4.78 is 0. The number of aliphatic carboxylic acids is 1. The summed E-state index contributed by atoms with van der Waals surface area (Å²) in [6.07, 6.45) is 2.79. The van der Waals surface area contributed by atoms with E-state index in [1.165, 1.54) is 12.8 Å². The monoisotopic (exact) mass is 199 g/mol. The van der Waals surface area contributed by atoms with Crippen LogP contribution in [0.1, 0.15) is 40.0 Å². The Balaban J connectivity index is 2.23. The second kappa shape index (κ2) is 4.30. The lowest BCUT2D eigenvalue weighted by Gasteiger charge is -2.22. The molecule has 1 unspecified atom stereocenters. The van der Waals surface area contributed by atoms with Crippen LogP contribution in [0.4, 0.5) is 0 Å². The maximum atomic E-state index is 10.4. The van der Waals surface area contributed by atoms with Crippen molar-refractivity contribution in [2.24, 2.45) is 11.3 Å². The van der Waals surface area contributed by atoms with Gasteiger partial charge < -0.3 is 10.4 Å². The van der Waals surface area contributed by atoms with Gasteiger partial charge in [0.1, 0.15) is 0 Å². The second-order valence-electron chi connectivity index (χ2n) is 4.90. The van der Waals surface area contributed by atoms with Gasteiger partial charge in [-0.05, 0) is 31.1 Å². The molecule has 0 aromatic heterocycles. The smallest absolute Gasteiger partial charge is 0.304 e. The van der Waals surface area contributed by atoms with Crippen LogP contribution >= 0.6 is 0 Å². The molecule has 0 bridgehead atoms. The molecule has 0 spiro atoms. The number of rotatable bonds is 6. The van der Waals surface area contributed by atoms with E-state index in [1.54, 1.807) is 0 Å². The normalized spacial score (nSPS) is 20.9. The largest absolute Gasteiger partial charge is 0.481 e. The summed E-state index contributed by atoms with van der Waals surface area (Å²) in [4.78, 5) is 10.4. The van der Waals surface area contributed by atoms with Crippen LogP contribution < -0.4 is 5.32 Å². The van der Waals surface area contributed by atoms with Crippen molar-refractivity contribution in [2.45, 2.75) is 46.1 Å². The molecular formula is C11H21NO2. The van der Waals surface area contributed by atoms with Crippen molar-refractivity contribution in [3.63, 3.8) is 0 Å². The Kier molecular flexibility index (Phi) is 3.53. The molecule has 0 aliphatic heterocycles. The summed E-state index contributed by atoms with van der Waals surface area (Å²) >= 11 is 0. The van der Waals surface area contributed by atoms with Gasteiger partial charge in [0.15, 0.2) is 0 Å². The summed E-state index contributed by atoms with van der Waals surface area (Å²) in [6, 6.07) is 0.0868. The zero-order valence-electron chi connectivity index (χ0n) is 9.34. The third kappa shape index (κ3) is 2.98. The predicted octanol–water partition coefficient (Wildman–Crippen LogP) is 1.88. The van der Waals surface area contributed by atoms with Crippen molar-refractivity contribution >= 4 is 5.97 Å². The van der Waals surface area contributed by atoms with E-state index in [0.29, 0.717) is 11.3 Å². The first-order chi connectivity index (χ1) is 6.46. The first-order valence-corrected chi connectivity index (χ1v) is 5.41. The molecule has 0 radical (unpaired) electrons. The first-order valence-electron chi connectivity index (χ1n) is 5.41. The summed E-state index contributed by atoms with van der Waals surface area (Å²) in [5.74, 6) is -0.0218. The molecule has 1 aliphatic rings. The van der Waals surface area contributed by atoms with Gasteiger partial charge in [-0.25, -0.2) is 0 Å². The fourth-order valence-electron chi connectivity index (χ4n) is 1.83. The standard InChI is InChI=1S/C11H21NO2/c1-8(2)11(4-5-11)7-12-9(3)6-10(13)14/h8-9,12H,4-7H2,1-3H3,(H,13,14). The Hall–Kier alpha value is -0.570. The molecule has 0 aromatic rings. The van der Waals surface area contributed by atoms with Crippen molar-refractivity contribution < 1.29 is 9.90 Å². The number of hydrogen-bond donors (Lipinski definition) is 2. The number of carbonyl (C=O) groups is 1. The van der Waals surface area contributed by atoms with Gasteiger partial charge in [0, 0.05) is 12.6 Å². The molecule has 3 nitrogen and oxygen atoms in total. The topological polar surface area (TPSA) is 49.3 Å². The van der Waals surface area contributed by atoms with Crippen molar-refractivity contribution in [1.29, 1.82) is 0 Å². The fraction of sp³-hybridized carbons (Fsp3) is 0.909. The lowest BCUT2D eigenvalue weighted by atomic mass is 9.92. The Bertz CT molecular complexity index is 209. The van der Waals surface area contributed by atoms with Crippen molar-refractivity contribution in [2.75, 3.05) is 6.54 Å². The predicted molar refractivity (Wildman–Crippen MR) is 56.2 cm³/mol. The highest BCUT2D eigenvalue weighted by atomic mass is 16.4. The van der Waals surface area contributed by atoms with E-state index < -0.39 is 5.97 Å². The Morgan fingerprint density at radius 2 is 2.00 bits per heavy atom. The molecule has 0 amide bonds. The minimum absolute atomic E-state index is 0.0868. The maximum absolute atomic E-state index is 10.4. The van der Waals surface area contributed by atoms with Gasteiger partial charge in [-0.2, -0.15) is 0 Å². The zero-order chi connectivity index (χ0) is 10.8. The van der Waals surface area contributed by atoms with Crippen LogP contribution in [0, 0.1) is 11.3 Å². The van der Waals surface area contributed by atoms with Crippen molar-refractivity contribution in [3.8, 4) is 0 Å². The Morgan fingerprint density at radius 3 is 2.36 bits per heavy atom. The second-order valence-corrected chi connectivity index (χ2v) is 4.90. The van der Waals surface area contributed by atoms with Gasteiger partial charge in [-0.15, -0.1) is 0 Å². The van der Waals surface area contributed by atoms with E-state index in [2.05, 4.69) is 19.2 Å². The van der Waals surface area contributed by atoms with Gasteiger partial charge in [0.2, 0.25) is 0 Å². The molecule has 1 rings (SSSR count). The highest BCUT2D eigenvalue weighted by Crippen LogP contribution is 2.51. The molecule has 1 fully saturated rings. The average Bonchev–Trinajstić information content (AvgIpc) is 2.79. The number of carboxylic acids is 1. The van der Waals surface area contributed by atoms with Gasteiger partial charge in [0.05, 0.1) is 6.42 Å². The first kappa shape index (κ1) is 11.5. The third-order valence-electron chi connectivity index (χ3n) is 3.40. The fourth-order valence-corrected chi connectivity index (χ4v) is 1.83. The average molecular weight is 199 g/mol. The van der Waals surface area contributed by atoms with Crippen LogP contribution in [0.2, 0.25) is 0 Å². The summed E-state index contributed by atoms with van der Waals surface area (Å²) in [5.41, 5.74) is 0.465. The lowest BCUT2D eigenvalue weighted by Crippen LogP contribution is -2.35. The van der Waals surface area contributed by atoms with Crippen LogP contribution in [0.25, 0.3) is 0 Å². The maximum Gasteiger partial charge on any atom is 0.304 e. The Labute approximate surface area is 85.9 Å². The quantitative estimate of drug-likeness (QED) is 0.686. The molecule has 1 aliphatic carbocycles. The number of carboxylic acid groups (broad SMARTS) is 1. The van der Waals surface area contributed by atoms with Crippen LogP contribution in [0.3, 0.4) is 0 Å². The van der Waals surface area contributed by atoms with Crippen LogP contribution in [-0.2, 0) is 4.79 Å². The highest BCUT2D eigenvalue weighted by molar-refractivity contribution is 5.67. The van der Waals surface area contributed by atoms with E-state index in [0.717, 1.165) is 6.54 Å². The van der Waals surface area contributed by atoms with E-state index in [9.17, 15) is 4.79 Å². The lowest BCUT2D eigenvalue weighted by molar-refractivity contribution is -0.137. The number of hydrogen-bond acceptors (Lipinski definition) is 2. The minimum atomic E-state index is -0.723. The van der Waals surface area contributed by atoms with E-state index >= 15 is 0 Å². The molecule has 82 valence electrons. The van der Waals surface area contributed by atoms with Gasteiger partial charge >= 0.3 is 5.97 Å². The van der Waals surface area contributed by atoms with Gasteiger partial charge in [-0.3, -0.25) is 4.79 Å².